The van der Waals surface area contributed by atoms with Gasteiger partial charge in [0.05, 0.1) is 5.60 Å². The van der Waals surface area contributed by atoms with Crippen LogP contribution in [0.5, 0.6) is 0 Å². The number of likely N-dealkylation sites (tertiary alicyclic amines) is 2. The summed E-state index contributed by atoms with van der Waals surface area (Å²) in [6, 6.07) is 10.0. The molecular formula is C19H29N3O2. The van der Waals surface area contributed by atoms with E-state index in [1.807, 2.05) is 49.3 Å². The van der Waals surface area contributed by atoms with Crippen molar-refractivity contribution in [3.8, 4) is 0 Å². The Balaban J connectivity index is 1.52. The number of hydrogen-bond acceptors (Lipinski definition) is 4. The van der Waals surface area contributed by atoms with Crippen molar-refractivity contribution in [2.75, 3.05) is 46.8 Å². The number of nitrogens with zero attached hydrogens (tertiary/aromatic N) is 3. The Labute approximate surface area is 144 Å². The van der Waals surface area contributed by atoms with Crippen LogP contribution in [0.25, 0.3) is 0 Å². The van der Waals surface area contributed by atoms with Crippen LogP contribution in [0, 0.1) is 0 Å². The fourth-order valence-electron chi connectivity index (χ4n) is 4.11. The lowest BCUT2D eigenvalue weighted by molar-refractivity contribution is 0.0155. The molecule has 0 aromatic heterocycles. The Morgan fingerprint density at radius 1 is 1.21 bits per heavy atom. The lowest BCUT2D eigenvalue weighted by Crippen LogP contribution is -2.48. The zero-order chi connectivity index (χ0) is 17.2. The molecule has 2 heterocycles. The summed E-state index contributed by atoms with van der Waals surface area (Å²) in [4.78, 5) is 19.0. The van der Waals surface area contributed by atoms with E-state index in [1.54, 1.807) is 0 Å². The number of β-amino-alcohol motifs (C(OH)–C–C–N with tert-alkyl or cyclic N) is 1. The molecule has 5 heteroatoms. The van der Waals surface area contributed by atoms with Gasteiger partial charge in [0.25, 0.3) is 5.91 Å². The zero-order valence-corrected chi connectivity index (χ0v) is 14.8. The van der Waals surface area contributed by atoms with Crippen LogP contribution in [-0.2, 0) is 0 Å². The smallest absolute Gasteiger partial charge is 0.253 e. The second-order valence-electron chi connectivity index (χ2n) is 7.57. The van der Waals surface area contributed by atoms with Gasteiger partial charge >= 0.3 is 0 Å². The maximum absolute atomic E-state index is 12.5. The first-order chi connectivity index (χ1) is 11.5. The predicted octanol–water partition coefficient (Wildman–Crippen LogP) is 1.29. The van der Waals surface area contributed by atoms with Gasteiger partial charge in [0, 0.05) is 44.3 Å². The molecule has 2 aliphatic heterocycles. The second-order valence-corrected chi connectivity index (χ2v) is 7.57. The molecule has 0 saturated carbocycles. The number of carbonyl (C=O) groups is 1. The third-order valence-electron chi connectivity index (χ3n) is 5.26. The standard InChI is InChI=1S/C19H29N3O2/c1-20(2)14-19(24)10-13-22(15-19)17-8-11-21(12-9-17)18(23)16-6-4-3-5-7-16/h3-7,17,24H,8-15H2,1-2H3. The summed E-state index contributed by atoms with van der Waals surface area (Å²) < 4.78 is 0. The minimum Gasteiger partial charge on any atom is -0.387 e. The Morgan fingerprint density at radius 2 is 1.88 bits per heavy atom. The molecule has 1 unspecified atom stereocenters. The van der Waals surface area contributed by atoms with Crippen LogP contribution in [0.4, 0.5) is 0 Å². The van der Waals surface area contributed by atoms with Crippen LogP contribution in [0.3, 0.4) is 0 Å². The van der Waals surface area contributed by atoms with E-state index in [-0.39, 0.29) is 5.91 Å². The number of rotatable bonds is 4. The first-order valence-corrected chi connectivity index (χ1v) is 8.92. The predicted molar refractivity (Wildman–Crippen MR) is 95.1 cm³/mol. The molecule has 0 bridgehead atoms. The molecule has 3 rings (SSSR count). The van der Waals surface area contributed by atoms with Crippen molar-refractivity contribution in [3.63, 3.8) is 0 Å². The van der Waals surface area contributed by atoms with Crippen molar-refractivity contribution in [1.82, 2.24) is 14.7 Å². The fraction of sp³-hybridized carbons (Fsp3) is 0.632. The molecular weight excluding hydrogens is 302 g/mol. The summed E-state index contributed by atoms with van der Waals surface area (Å²) in [6.45, 7) is 4.04. The highest BCUT2D eigenvalue weighted by Crippen LogP contribution is 2.28. The second kappa shape index (κ2) is 7.21. The normalized spacial score (nSPS) is 26.2. The topological polar surface area (TPSA) is 47.0 Å². The largest absolute Gasteiger partial charge is 0.387 e. The van der Waals surface area contributed by atoms with Crippen LogP contribution in [0.15, 0.2) is 30.3 Å². The highest BCUT2D eigenvalue weighted by molar-refractivity contribution is 5.94. The number of likely N-dealkylation sites (N-methyl/N-ethyl adjacent to an activating group) is 1. The summed E-state index contributed by atoms with van der Waals surface area (Å²) in [5.41, 5.74) is 0.193. The summed E-state index contributed by atoms with van der Waals surface area (Å²) in [6.07, 6.45) is 2.83. The molecule has 1 N–H and O–H groups in total. The third-order valence-corrected chi connectivity index (χ3v) is 5.26. The number of piperidine rings is 1. The van der Waals surface area contributed by atoms with Gasteiger partial charge in [0.2, 0.25) is 0 Å². The first-order valence-electron chi connectivity index (χ1n) is 8.92. The van der Waals surface area contributed by atoms with Gasteiger partial charge in [0.15, 0.2) is 0 Å². The van der Waals surface area contributed by atoms with Gasteiger partial charge in [-0.3, -0.25) is 9.69 Å². The summed E-state index contributed by atoms with van der Waals surface area (Å²) in [5, 5.41) is 10.7. The fourth-order valence-corrected chi connectivity index (χ4v) is 4.11. The molecule has 2 saturated heterocycles. The lowest BCUT2D eigenvalue weighted by Gasteiger charge is -2.37. The van der Waals surface area contributed by atoms with Crippen molar-refractivity contribution >= 4 is 5.91 Å². The maximum atomic E-state index is 12.5. The van der Waals surface area contributed by atoms with Crippen LogP contribution in [0.1, 0.15) is 29.6 Å². The molecule has 1 aromatic rings. The minimum atomic E-state index is -0.583. The van der Waals surface area contributed by atoms with Crippen molar-refractivity contribution in [2.24, 2.45) is 0 Å². The average Bonchev–Trinajstić information content (AvgIpc) is 2.96. The van der Waals surface area contributed by atoms with E-state index in [0.29, 0.717) is 6.04 Å². The van der Waals surface area contributed by atoms with Crippen LogP contribution in [0.2, 0.25) is 0 Å². The zero-order valence-electron chi connectivity index (χ0n) is 14.8. The van der Waals surface area contributed by atoms with E-state index in [1.165, 1.54) is 0 Å². The quantitative estimate of drug-likeness (QED) is 0.903. The molecule has 1 aromatic carbocycles. The van der Waals surface area contributed by atoms with Gasteiger partial charge < -0.3 is 14.9 Å². The molecule has 2 aliphatic rings. The number of hydrogen-bond donors (Lipinski definition) is 1. The van der Waals surface area contributed by atoms with Crippen LogP contribution in [-0.4, -0.2) is 84.2 Å². The molecule has 2 fully saturated rings. The average molecular weight is 331 g/mol. The Bertz CT molecular complexity index is 555. The number of benzene rings is 1. The molecule has 1 atom stereocenters. The van der Waals surface area contributed by atoms with Crippen LogP contribution < -0.4 is 0 Å². The molecule has 0 radical (unpaired) electrons. The molecule has 5 nitrogen and oxygen atoms in total. The van der Waals surface area contributed by atoms with Crippen LogP contribution >= 0.6 is 0 Å². The van der Waals surface area contributed by atoms with Crippen molar-refractivity contribution in [3.05, 3.63) is 35.9 Å². The van der Waals surface area contributed by atoms with E-state index >= 15 is 0 Å². The van der Waals surface area contributed by atoms with E-state index in [0.717, 1.165) is 57.5 Å². The van der Waals surface area contributed by atoms with Gasteiger partial charge in [-0.2, -0.15) is 0 Å². The highest BCUT2D eigenvalue weighted by Gasteiger charge is 2.40. The van der Waals surface area contributed by atoms with Crippen molar-refractivity contribution in [2.45, 2.75) is 30.9 Å². The SMILES string of the molecule is CN(C)CC1(O)CCN(C2CCN(C(=O)c3ccccc3)CC2)C1. The third kappa shape index (κ3) is 3.97. The monoisotopic (exact) mass is 331 g/mol. The summed E-state index contributed by atoms with van der Waals surface area (Å²) >= 11 is 0. The Kier molecular flexibility index (Phi) is 5.23. The molecule has 0 aliphatic carbocycles. The van der Waals surface area contributed by atoms with Gasteiger partial charge in [0.1, 0.15) is 0 Å². The maximum Gasteiger partial charge on any atom is 0.253 e. The summed E-state index contributed by atoms with van der Waals surface area (Å²) in [5.74, 6) is 0.139. The lowest BCUT2D eigenvalue weighted by atomic mass is 10.0. The highest BCUT2D eigenvalue weighted by atomic mass is 16.3. The molecule has 24 heavy (non-hydrogen) atoms. The Morgan fingerprint density at radius 3 is 2.50 bits per heavy atom. The van der Waals surface area contributed by atoms with Gasteiger partial charge in [-0.15, -0.1) is 0 Å². The molecule has 1 amide bonds. The Hall–Kier alpha value is -1.43. The minimum absolute atomic E-state index is 0.139. The van der Waals surface area contributed by atoms with E-state index < -0.39 is 5.60 Å². The van der Waals surface area contributed by atoms with Gasteiger partial charge in [-0.05, 0) is 45.5 Å². The van der Waals surface area contributed by atoms with E-state index in [2.05, 4.69) is 9.80 Å². The van der Waals surface area contributed by atoms with E-state index in [4.69, 9.17) is 0 Å². The van der Waals surface area contributed by atoms with Crippen molar-refractivity contribution in [1.29, 1.82) is 0 Å². The summed E-state index contributed by atoms with van der Waals surface area (Å²) in [7, 11) is 4.02. The van der Waals surface area contributed by atoms with Gasteiger partial charge in [-0.25, -0.2) is 0 Å². The van der Waals surface area contributed by atoms with Gasteiger partial charge in [-0.1, -0.05) is 18.2 Å². The number of aliphatic hydroxyl groups is 1. The number of carbonyl (C=O) groups excluding carboxylic acids is 1. The number of amides is 1. The molecule has 132 valence electrons. The van der Waals surface area contributed by atoms with Crippen molar-refractivity contribution < 1.29 is 9.90 Å². The molecule has 0 spiro atoms. The van der Waals surface area contributed by atoms with E-state index in [9.17, 15) is 9.90 Å². The first kappa shape index (κ1) is 17.4.